The summed E-state index contributed by atoms with van der Waals surface area (Å²) in [5.74, 6) is 0.489. The number of rotatable bonds is 6. The highest BCUT2D eigenvalue weighted by Gasteiger charge is 2.14. The van der Waals surface area contributed by atoms with Crippen LogP contribution in [0, 0.1) is 0 Å². The fourth-order valence-corrected chi connectivity index (χ4v) is 2.25. The van der Waals surface area contributed by atoms with Crippen molar-refractivity contribution in [2.75, 3.05) is 0 Å². The summed E-state index contributed by atoms with van der Waals surface area (Å²) in [5.41, 5.74) is 1.74. The Balaban J connectivity index is 2.45. The monoisotopic (exact) mass is 276 g/mol. The van der Waals surface area contributed by atoms with E-state index in [4.69, 9.17) is 9.84 Å². The summed E-state index contributed by atoms with van der Waals surface area (Å²) in [5, 5.41) is 8.98. The standard InChI is InChI=1S/C15H20N2O3/c1-4-7-17-13-6-5-11(20-10(2)3)8-12(13)16-14(17)9-15(18)19/h5-6,8,10H,4,7,9H2,1-3H3,(H,18,19). The third kappa shape index (κ3) is 3.10. The van der Waals surface area contributed by atoms with Crippen molar-refractivity contribution in [3.8, 4) is 5.75 Å². The maximum Gasteiger partial charge on any atom is 0.311 e. The van der Waals surface area contributed by atoms with Crippen LogP contribution in [-0.2, 0) is 17.8 Å². The average molecular weight is 276 g/mol. The molecule has 0 fully saturated rings. The zero-order valence-corrected chi connectivity index (χ0v) is 12.1. The lowest BCUT2D eigenvalue weighted by Crippen LogP contribution is -2.09. The maximum atomic E-state index is 10.9. The first kappa shape index (κ1) is 14.4. The first-order valence-electron chi connectivity index (χ1n) is 6.89. The molecule has 0 radical (unpaired) electrons. The third-order valence-electron chi connectivity index (χ3n) is 2.93. The Hall–Kier alpha value is -2.04. The Morgan fingerprint density at radius 3 is 2.80 bits per heavy atom. The Morgan fingerprint density at radius 1 is 1.45 bits per heavy atom. The number of imidazole rings is 1. The highest BCUT2D eigenvalue weighted by atomic mass is 16.5. The molecule has 0 aliphatic heterocycles. The van der Waals surface area contributed by atoms with Gasteiger partial charge in [0.1, 0.15) is 18.0 Å². The molecule has 0 amide bonds. The van der Waals surface area contributed by atoms with E-state index < -0.39 is 5.97 Å². The molecule has 2 aromatic rings. The number of aliphatic carboxylic acids is 1. The van der Waals surface area contributed by atoms with Crippen molar-refractivity contribution in [1.82, 2.24) is 9.55 Å². The van der Waals surface area contributed by atoms with Crippen LogP contribution in [0.4, 0.5) is 0 Å². The highest BCUT2D eigenvalue weighted by Crippen LogP contribution is 2.23. The van der Waals surface area contributed by atoms with Crippen molar-refractivity contribution in [2.45, 2.75) is 46.3 Å². The van der Waals surface area contributed by atoms with Gasteiger partial charge < -0.3 is 14.4 Å². The molecule has 0 aliphatic rings. The molecule has 0 saturated heterocycles. The largest absolute Gasteiger partial charge is 0.491 e. The second kappa shape index (κ2) is 5.94. The zero-order chi connectivity index (χ0) is 14.7. The molecule has 0 spiro atoms. The number of benzene rings is 1. The topological polar surface area (TPSA) is 64.4 Å². The van der Waals surface area contributed by atoms with Crippen LogP contribution in [-0.4, -0.2) is 26.7 Å². The highest BCUT2D eigenvalue weighted by molar-refractivity contribution is 5.79. The molecule has 1 heterocycles. The van der Waals surface area contributed by atoms with Crippen molar-refractivity contribution in [1.29, 1.82) is 0 Å². The van der Waals surface area contributed by atoms with E-state index in [-0.39, 0.29) is 12.5 Å². The Labute approximate surface area is 118 Å². The van der Waals surface area contributed by atoms with Gasteiger partial charge in [0.15, 0.2) is 0 Å². The second-order valence-electron chi connectivity index (χ2n) is 5.07. The van der Waals surface area contributed by atoms with Gasteiger partial charge in [-0.25, -0.2) is 4.98 Å². The molecule has 0 unspecified atom stereocenters. The minimum absolute atomic E-state index is 0.0605. The van der Waals surface area contributed by atoms with Gasteiger partial charge in [-0.15, -0.1) is 0 Å². The second-order valence-corrected chi connectivity index (χ2v) is 5.07. The summed E-state index contributed by atoms with van der Waals surface area (Å²) in [6.07, 6.45) is 0.973. The third-order valence-corrected chi connectivity index (χ3v) is 2.93. The SMILES string of the molecule is CCCn1c(CC(=O)O)nc2cc(OC(C)C)ccc21. The van der Waals surface area contributed by atoms with Crippen molar-refractivity contribution >= 4 is 17.0 Å². The minimum atomic E-state index is -0.865. The molecule has 108 valence electrons. The summed E-state index contributed by atoms with van der Waals surface area (Å²) in [6, 6.07) is 5.72. The molecular formula is C15H20N2O3. The van der Waals surface area contributed by atoms with Gasteiger partial charge in [-0.3, -0.25) is 4.79 Å². The first-order valence-corrected chi connectivity index (χ1v) is 6.89. The smallest absolute Gasteiger partial charge is 0.311 e. The van der Waals surface area contributed by atoms with E-state index in [0.717, 1.165) is 29.7 Å². The van der Waals surface area contributed by atoms with E-state index in [1.54, 1.807) is 0 Å². The number of carbonyl (C=O) groups is 1. The van der Waals surface area contributed by atoms with Gasteiger partial charge in [0.2, 0.25) is 0 Å². The van der Waals surface area contributed by atoms with Gasteiger partial charge in [-0.1, -0.05) is 6.92 Å². The van der Waals surface area contributed by atoms with Gasteiger partial charge in [0, 0.05) is 12.6 Å². The molecule has 5 heteroatoms. The van der Waals surface area contributed by atoms with E-state index in [2.05, 4.69) is 11.9 Å². The fraction of sp³-hybridized carbons (Fsp3) is 0.467. The molecular weight excluding hydrogens is 256 g/mol. The lowest BCUT2D eigenvalue weighted by Gasteiger charge is -2.09. The Kier molecular flexibility index (Phi) is 4.27. The first-order chi connectivity index (χ1) is 9.51. The van der Waals surface area contributed by atoms with Crippen LogP contribution < -0.4 is 4.74 Å². The number of nitrogens with zero attached hydrogens (tertiary/aromatic N) is 2. The van der Waals surface area contributed by atoms with Crippen LogP contribution in [0.2, 0.25) is 0 Å². The van der Waals surface area contributed by atoms with E-state index >= 15 is 0 Å². The molecule has 2 rings (SSSR count). The summed E-state index contributed by atoms with van der Waals surface area (Å²) in [6.45, 7) is 6.77. The molecule has 5 nitrogen and oxygen atoms in total. The molecule has 0 aliphatic carbocycles. The average Bonchev–Trinajstić information content (AvgIpc) is 2.65. The summed E-state index contributed by atoms with van der Waals surface area (Å²) >= 11 is 0. The van der Waals surface area contributed by atoms with Gasteiger partial charge in [-0.2, -0.15) is 0 Å². The van der Waals surface area contributed by atoms with Gasteiger partial charge in [0.05, 0.1) is 17.1 Å². The lowest BCUT2D eigenvalue weighted by atomic mass is 10.3. The fourth-order valence-electron chi connectivity index (χ4n) is 2.25. The lowest BCUT2D eigenvalue weighted by molar-refractivity contribution is -0.136. The van der Waals surface area contributed by atoms with E-state index in [1.165, 1.54) is 0 Å². The molecule has 0 atom stereocenters. The van der Waals surface area contributed by atoms with Crippen LogP contribution in [0.1, 0.15) is 33.0 Å². The predicted octanol–water partition coefficient (Wildman–Crippen LogP) is 2.86. The number of carboxylic acids is 1. The van der Waals surface area contributed by atoms with Gasteiger partial charge >= 0.3 is 5.97 Å². The summed E-state index contributed by atoms with van der Waals surface area (Å²) in [4.78, 5) is 15.4. The van der Waals surface area contributed by atoms with Crippen LogP contribution in [0.3, 0.4) is 0 Å². The molecule has 1 N–H and O–H groups in total. The zero-order valence-electron chi connectivity index (χ0n) is 12.1. The van der Waals surface area contributed by atoms with Gasteiger partial charge in [0.25, 0.3) is 0 Å². The number of aryl methyl sites for hydroxylation is 1. The molecule has 20 heavy (non-hydrogen) atoms. The molecule has 0 saturated carbocycles. The predicted molar refractivity (Wildman–Crippen MR) is 77.1 cm³/mol. The minimum Gasteiger partial charge on any atom is -0.491 e. The van der Waals surface area contributed by atoms with Crippen molar-refractivity contribution in [3.63, 3.8) is 0 Å². The van der Waals surface area contributed by atoms with Crippen LogP contribution >= 0.6 is 0 Å². The van der Waals surface area contributed by atoms with Crippen molar-refractivity contribution in [2.24, 2.45) is 0 Å². The van der Waals surface area contributed by atoms with E-state index in [9.17, 15) is 4.79 Å². The Morgan fingerprint density at radius 2 is 2.20 bits per heavy atom. The summed E-state index contributed by atoms with van der Waals surface area (Å²) < 4.78 is 7.62. The molecule has 0 bridgehead atoms. The number of carboxylic acid groups (broad SMARTS) is 1. The normalized spacial score (nSPS) is 11.2. The van der Waals surface area contributed by atoms with Crippen LogP contribution in [0.25, 0.3) is 11.0 Å². The summed E-state index contributed by atoms with van der Waals surface area (Å²) in [7, 11) is 0. The van der Waals surface area contributed by atoms with Crippen LogP contribution in [0.5, 0.6) is 5.75 Å². The van der Waals surface area contributed by atoms with Crippen molar-refractivity contribution in [3.05, 3.63) is 24.0 Å². The number of hydrogen-bond acceptors (Lipinski definition) is 3. The van der Waals surface area contributed by atoms with E-state index in [0.29, 0.717) is 5.82 Å². The molecule has 1 aromatic heterocycles. The van der Waals surface area contributed by atoms with Crippen molar-refractivity contribution < 1.29 is 14.6 Å². The quantitative estimate of drug-likeness (QED) is 0.881. The maximum absolute atomic E-state index is 10.9. The Bertz CT molecular complexity index is 617. The number of hydrogen-bond donors (Lipinski definition) is 1. The van der Waals surface area contributed by atoms with E-state index in [1.807, 2.05) is 36.6 Å². The molecule has 1 aromatic carbocycles. The number of ether oxygens (including phenoxy) is 1. The number of aromatic nitrogens is 2. The number of fused-ring (bicyclic) bond motifs is 1. The van der Waals surface area contributed by atoms with Crippen LogP contribution in [0.15, 0.2) is 18.2 Å². The van der Waals surface area contributed by atoms with Gasteiger partial charge in [-0.05, 0) is 32.4 Å².